The fourth-order valence-corrected chi connectivity index (χ4v) is 1.01. The number of hydrogen-bond donors (Lipinski definition) is 0. The zero-order valence-electron chi connectivity index (χ0n) is 7.33. The topological polar surface area (TPSA) is 48.0 Å². The predicted molar refractivity (Wildman–Crippen MR) is 50.6 cm³/mol. The molecule has 4 nitrogen and oxygen atoms in total. The monoisotopic (exact) mass is 188 g/mol. The maximum atomic E-state index is 11.4. The molecule has 0 spiro atoms. The number of hydrogen-bond acceptors (Lipinski definition) is 3. The van der Waals surface area contributed by atoms with Crippen LogP contribution in [0.1, 0.15) is 10.6 Å². The second-order valence-electron chi connectivity index (χ2n) is 2.64. The molecule has 2 aromatic heterocycles. The second kappa shape index (κ2) is 3.74. The highest BCUT2D eigenvalue weighted by molar-refractivity contribution is 6.03. The van der Waals surface area contributed by atoms with Gasteiger partial charge in [0.25, 0.3) is 0 Å². The molecule has 0 amide bonds. The molecule has 0 saturated heterocycles. The van der Waals surface area contributed by atoms with E-state index >= 15 is 0 Å². The van der Waals surface area contributed by atoms with Gasteiger partial charge in [0.2, 0.25) is 5.78 Å². The highest BCUT2D eigenvalue weighted by Gasteiger charge is 2.02. The van der Waals surface area contributed by atoms with Crippen LogP contribution < -0.4 is 0 Å². The van der Waals surface area contributed by atoms with Crippen molar-refractivity contribution in [3.05, 3.63) is 48.7 Å². The van der Waals surface area contributed by atoms with E-state index in [1.165, 1.54) is 12.3 Å². The van der Waals surface area contributed by atoms with Crippen molar-refractivity contribution in [2.75, 3.05) is 0 Å². The molecule has 14 heavy (non-hydrogen) atoms. The average Bonchev–Trinajstić information content (AvgIpc) is 2.87. The minimum absolute atomic E-state index is 0.175. The summed E-state index contributed by atoms with van der Waals surface area (Å²) in [5.41, 5.74) is 0. The van der Waals surface area contributed by atoms with E-state index in [4.69, 9.17) is 4.42 Å². The van der Waals surface area contributed by atoms with Crippen LogP contribution in [-0.2, 0) is 0 Å². The van der Waals surface area contributed by atoms with Crippen LogP contribution in [-0.4, -0.2) is 15.6 Å². The standard InChI is InChI=1S/C10H8N2O2/c13-9(10-3-1-8-14-10)4-7-12-6-2-5-11-12/h1-8H/b7-4+. The smallest absolute Gasteiger partial charge is 0.222 e. The van der Waals surface area contributed by atoms with Crippen LogP contribution in [0.2, 0.25) is 0 Å². The first-order valence-electron chi connectivity index (χ1n) is 4.11. The number of aromatic nitrogens is 2. The molecule has 4 heteroatoms. The van der Waals surface area contributed by atoms with Gasteiger partial charge in [-0.3, -0.25) is 4.79 Å². The Labute approximate surface area is 80.5 Å². The van der Waals surface area contributed by atoms with E-state index in [0.29, 0.717) is 5.76 Å². The Kier molecular flexibility index (Phi) is 2.27. The maximum absolute atomic E-state index is 11.4. The van der Waals surface area contributed by atoms with Gasteiger partial charge in [-0.2, -0.15) is 5.10 Å². The van der Waals surface area contributed by atoms with Gasteiger partial charge in [-0.05, 0) is 18.2 Å². The molecule has 0 atom stereocenters. The van der Waals surface area contributed by atoms with Crippen LogP contribution in [0.4, 0.5) is 0 Å². The van der Waals surface area contributed by atoms with Gasteiger partial charge in [0, 0.05) is 24.7 Å². The van der Waals surface area contributed by atoms with Crippen molar-refractivity contribution >= 4 is 12.0 Å². The van der Waals surface area contributed by atoms with Crippen molar-refractivity contribution in [1.29, 1.82) is 0 Å². The van der Waals surface area contributed by atoms with E-state index < -0.39 is 0 Å². The zero-order valence-corrected chi connectivity index (χ0v) is 7.33. The summed E-state index contributed by atoms with van der Waals surface area (Å²) in [6.45, 7) is 0. The number of rotatable bonds is 3. The minimum atomic E-state index is -0.175. The number of carbonyl (C=O) groups excluding carboxylic acids is 1. The van der Waals surface area contributed by atoms with Crippen molar-refractivity contribution in [2.24, 2.45) is 0 Å². The predicted octanol–water partition coefficient (Wildman–Crippen LogP) is 1.83. The first-order chi connectivity index (χ1) is 6.86. The first kappa shape index (κ1) is 8.50. The summed E-state index contributed by atoms with van der Waals surface area (Å²) in [5, 5.41) is 3.92. The summed E-state index contributed by atoms with van der Waals surface area (Å²) >= 11 is 0. The molecule has 2 rings (SSSR count). The molecule has 0 radical (unpaired) electrons. The molecule has 0 fully saturated rings. The quantitative estimate of drug-likeness (QED) is 0.545. The van der Waals surface area contributed by atoms with E-state index in [-0.39, 0.29) is 5.78 Å². The van der Waals surface area contributed by atoms with E-state index in [1.54, 1.807) is 41.5 Å². The first-order valence-corrected chi connectivity index (χ1v) is 4.11. The van der Waals surface area contributed by atoms with E-state index in [2.05, 4.69) is 5.10 Å². The van der Waals surface area contributed by atoms with Gasteiger partial charge in [0.05, 0.1) is 6.26 Å². The fraction of sp³-hybridized carbons (Fsp3) is 0. The van der Waals surface area contributed by atoms with Crippen molar-refractivity contribution in [3.8, 4) is 0 Å². The van der Waals surface area contributed by atoms with Gasteiger partial charge >= 0.3 is 0 Å². The number of nitrogens with zero attached hydrogens (tertiary/aromatic N) is 2. The normalized spacial score (nSPS) is 10.9. The van der Waals surface area contributed by atoms with Gasteiger partial charge in [0.15, 0.2) is 5.76 Å². The van der Waals surface area contributed by atoms with Gasteiger partial charge < -0.3 is 4.42 Å². The summed E-state index contributed by atoms with van der Waals surface area (Å²) in [7, 11) is 0. The number of allylic oxidation sites excluding steroid dienone is 1. The molecule has 0 aliphatic heterocycles. The SMILES string of the molecule is O=C(/C=C/n1cccn1)c1ccco1. The highest BCUT2D eigenvalue weighted by atomic mass is 16.3. The van der Waals surface area contributed by atoms with Crippen molar-refractivity contribution in [2.45, 2.75) is 0 Å². The average molecular weight is 188 g/mol. The minimum Gasteiger partial charge on any atom is -0.461 e. The lowest BCUT2D eigenvalue weighted by atomic mass is 10.3. The number of carbonyl (C=O) groups is 1. The summed E-state index contributed by atoms with van der Waals surface area (Å²) < 4.78 is 6.48. The lowest BCUT2D eigenvalue weighted by Crippen LogP contribution is -1.93. The Morgan fingerprint density at radius 2 is 2.43 bits per heavy atom. The van der Waals surface area contributed by atoms with Crippen LogP contribution in [0.25, 0.3) is 6.20 Å². The molecule has 0 unspecified atom stereocenters. The van der Waals surface area contributed by atoms with Gasteiger partial charge in [-0.25, -0.2) is 4.68 Å². The third kappa shape index (κ3) is 1.80. The Bertz CT molecular complexity index is 427. The van der Waals surface area contributed by atoms with Crippen molar-refractivity contribution < 1.29 is 9.21 Å². The molecule has 0 bridgehead atoms. The Morgan fingerprint density at radius 1 is 1.50 bits per heavy atom. The van der Waals surface area contributed by atoms with E-state index in [0.717, 1.165) is 0 Å². The molecule has 2 heterocycles. The summed E-state index contributed by atoms with van der Waals surface area (Å²) in [4.78, 5) is 11.4. The third-order valence-corrected chi connectivity index (χ3v) is 1.67. The Hall–Kier alpha value is -2.10. The van der Waals surface area contributed by atoms with E-state index in [9.17, 15) is 4.79 Å². The third-order valence-electron chi connectivity index (χ3n) is 1.67. The molecular weight excluding hydrogens is 180 g/mol. The van der Waals surface area contributed by atoms with Crippen molar-refractivity contribution in [3.63, 3.8) is 0 Å². The van der Waals surface area contributed by atoms with E-state index in [1.807, 2.05) is 0 Å². The molecular formula is C10H8N2O2. The Morgan fingerprint density at radius 3 is 3.07 bits per heavy atom. The highest BCUT2D eigenvalue weighted by Crippen LogP contribution is 2.02. The summed E-state index contributed by atoms with van der Waals surface area (Å²) in [6, 6.07) is 5.08. The van der Waals surface area contributed by atoms with Crippen LogP contribution >= 0.6 is 0 Å². The molecule has 0 N–H and O–H groups in total. The zero-order chi connectivity index (χ0) is 9.80. The van der Waals surface area contributed by atoms with Gasteiger partial charge in [0.1, 0.15) is 0 Å². The lowest BCUT2D eigenvalue weighted by molar-refractivity contribution is 0.102. The van der Waals surface area contributed by atoms with Crippen LogP contribution in [0.5, 0.6) is 0 Å². The summed E-state index contributed by atoms with van der Waals surface area (Å²) in [5.74, 6) is 0.152. The molecule has 0 aliphatic rings. The molecule has 2 aromatic rings. The number of furan rings is 1. The summed E-state index contributed by atoms with van der Waals surface area (Å²) in [6.07, 6.45) is 7.83. The Balaban J connectivity index is 2.09. The van der Waals surface area contributed by atoms with Gasteiger partial charge in [-0.15, -0.1) is 0 Å². The van der Waals surface area contributed by atoms with Crippen LogP contribution in [0.3, 0.4) is 0 Å². The molecule has 0 saturated carbocycles. The fourth-order valence-electron chi connectivity index (χ4n) is 1.01. The van der Waals surface area contributed by atoms with Gasteiger partial charge in [-0.1, -0.05) is 0 Å². The number of ketones is 1. The molecule has 70 valence electrons. The largest absolute Gasteiger partial charge is 0.461 e. The second-order valence-corrected chi connectivity index (χ2v) is 2.64. The van der Waals surface area contributed by atoms with Crippen molar-refractivity contribution in [1.82, 2.24) is 9.78 Å². The van der Waals surface area contributed by atoms with Crippen LogP contribution in [0.15, 0.2) is 47.3 Å². The molecule has 0 aromatic carbocycles. The molecule has 0 aliphatic carbocycles. The lowest BCUT2D eigenvalue weighted by Gasteiger charge is -1.89. The maximum Gasteiger partial charge on any atom is 0.222 e. The van der Waals surface area contributed by atoms with Crippen LogP contribution in [0, 0.1) is 0 Å².